The average Bonchev–Trinajstić information content (AvgIpc) is 2.95. The van der Waals surface area contributed by atoms with Crippen LogP contribution in [-0.4, -0.2) is 23.9 Å². The lowest BCUT2D eigenvalue weighted by molar-refractivity contribution is -0.117. The molecule has 0 fully saturated rings. The van der Waals surface area contributed by atoms with Crippen LogP contribution in [0.5, 0.6) is 0 Å². The maximum atomic E-state index is 12.4. The van der Waals surface area contributed by atoms with E-state index in [1.165, 1.54) is 10.4 Å². The van der Waals surface area contributed by atoms with Gasteiger partial charge in [0, 0.05) is 23.2 Å². The standard InChI is InChI=1S/C18H22N2OS/c1-12-5-4-6-13(2)18(12)19-17(21)11-20-9-7-16-15(14(20)3)8-10-22-16/h4-6,8,10,14H,7,9,11H2,1-3H3,(H,19,21)/t14-/m1/s1. The minimum atomic E-state index is 0.0722. The molecule has 2 heterocycles. The summed E-state index contributed by atoms with van der Waals surface area (Å²) in [6.45, 7) is 7.66. The Hall–Kier alpha value is -1.65. The number of anilines is 1. The van der Waals surface area contributed by atoms with Gasteiger partial charge in [0.25, 0.3) is 0 Å². The number of aryl methyl sites for hydroxylation is 2. The molecule has 0 bridgehead atoms. The molecule has 116 valence electrons. The van der Waals surface area contributed by atoms with E-state index in [2.05, 4.69) is 28.6 Å². The lowest BCUT2D eigenvalue weighted by Crippen LogP contribution is -2.39. The van der Waals surface area contributed by atoms with Crippen LogP contribution in [0.2, 0.25) is 0 Å². The van der Waals surface area contributed by atoms with E-state index in [9.17, 15) is 4.79 Å². The second-order valence-corrected chi connectivity index (χ2v) is 7.01. The van der Waals surface area contributed by atoms with Crippen LogP contribution in [0.15, 0.2) is 29.6 Å². The largest absolute Gasteiger partial charge is 0.324 e. The fourth-order valence-corrected chi connectivity index (χ4v) is 4.12. The highest BCUT2D eigenvalue weighted by Gasteiger charge is 2.26. The van der Waals surface area contributed by atoms with Gasteiger partial charge >= 0.3 is 0 Å². The predicted octanol–water partition coefficient (Wildman–Crippen LogP) is 3.92. The second-order valence-electron chi connectivity index (χ2n) is 6.01. The molecule has 0 spiro atoms. The number of carbonyl (C=O) groups excluding carboxylic acids is 1. The molecule has 0 unspecified atom stereocenters. The third kappa shape index (κ3) is 2.94. The summed E-state index contributed by atoms with van der Waals surface area (Å²) in [5, 5.41) is 5.24. The number of carbonyl (C=O) groups is 1. The molecule has 22 heavy (non-hydrogen) atoms. The summed E-state index contributed by atoms with van der Waals surface area (Å²) in [7, 11) is 0. The molecule has 4 heteroatoms. The fourth-order valence-electron chi connectivity index (χ4n) is 3.15. The van der Waals surface area contributed by atoms with Crippen molar-refractivity contribution in [3.8, 4) is 0 Å². The highest BCUT2D eigenvalue weighted by molar-refractivity contribution is 7.10. The Labute approximate surface area is 136 Å². The van der Waals surface area contributed by atoms with E-state index in [4.69, 9.17) is 0 Å². The summed E-state index contributed by atoms with van der Waals surface area (Å²) >= 11 is 1.83. The third-order valence-corrected chi connectivity index (χ3v) is 5.49. The van der Waals surface area contributed by atoms with Crippen molar-refractivity contribution in [2.45, 2.75) is 33.2 Å². The summed E-state index contributed by atoms with van der Waals surface area (Å²) in [6, 6.07) is 8.59. The number of nitrogens with one attached hydrogen (secondary N) is 1. The lowest BCUT2D eigenvalue weighted by Gasteiger charge is -2.33. The highest BCUT2D eigenvalue weighted by Crippen LogP contribution is 2.32. The van der Waals surface area contributed by atoms with Gasteiger partial charge in [-0.2, -0.15) is 0 Å². The number of fused-ring (bicyclic) bond motifs is 1. The average molecular weight is 314 g/mol. The molecular formula is C18H22N2OS. The summed E-state index contributed by atoms with van der Waals surface area (Å²) in [5.74, 6) is 0.0722. The Morgan fingerprint density at radius 2 is 2.05 bits per heavy atom. The SMILES string of the molecule is Cc1cccc(C)c1NC(=O)CN1CCc2sccc2[C@H]1C. The van der Waals surface area contributed by atoms with Crippen LogP contribution in [0, 0.1) is 13.8 Å². The van der Waals surface area contributed by atoms with E-state index in [-0.39, 0.29) is 5.91 Å². The molecule has 2 aromatic rings. The van der Waals surface area contributed by atoms with Gasteiger partial charge in [-0.25, -0.2) is 0 Å². The molecule has 1 aliphatic heterocycles. The van der Waals surface area contributed by atoms with Crippen molar-refractivity contribution >= 4 is 22.9 Å². The number of para-hydroxylation sites is 1. The van der Waals surface area contributed by atoms with Gasteiger partial charge in [-0.3, -0.25) is 9.69 Å². The molecule has 1 N–H and O–H groups in total. The quantitative estimate of drug-likeness (QED) is 0.931. The van der Waals surface area contributed by atoms with Crippen LogP contribution in [0.25, 0.3) is 0 Å². The van der Waals surface area contributed by atoms with Crippen molar-refractivity contribution in [2.75, 3.05) is 18.4 Å². The van der Waals surface area contributed by atoms with Crippen molar-refractivity contribution in [2.24, 2.45) is 0 Å². The number of hydrogen-bond acceptors (Lipinski definition) is 3. The van der Waals surface area contributed by atoms with Crippen molar-refractivity contribution in [1.82, 2.24) is 4.90 Å². The Morgan fingerprint density at radius 3 is 2.77 bits per heavy atom. The first-order chi connectivity index (χ1) is 10.6. The zero-order valence-electron chi connectivity index (χ0n) is 13.3. The Kier molecular flexibility index (Phi) is 4.32. The summed E-state index contributed by atoms with van der Waals surface area (Å²) in [6.07, 6.45) is 1.05. The topological polar surface area (TPSA) is 32.3 Å². The van der Waals surface area contributed by atoms with Crippen LogP contribution in [0.4, 0.5) is 5.69 Å². The van der Waals surface area contributed by atoms with Gasteiger partial charge < -0.3 is 5.32 Å². The first-order valence-corrected chi connectivity index (χ1v) is 8.60. The molecular weight excluding hydrogens is 292 g/mol. The Balaban J connectivity index is 1.68. The summed E-state index contributed by atoms with van der Waals surface area (Å²) in [4.78, 5) is 16.2. The molecule has 1 aliphatic rings. The zero-order chi connectivity index (χ0) is 15.7. The molecule has 0 aliphatic carbocycles. The van der Waals surface area contributed by atoms with Gasteiger partial charge in [0.05, 0.1) is 6.54 Å². The highest BCUT2D eigenvalue weighted by atomic mass is 32.1. The van der Waals surface area contributed by atoms with Crippen LogP contribution in [-0.2, 0) is 11.2 Å². The zero-order valence-corrected chi connectivity index (χ0v) is 14.2. The van der Waals surface area contributed by atoms with Crippen LogP contribution in [0.3, 0.4) is 0 Å². The normalized spacial score (nSPS) is 18.0. The van der Waals surface area contributed by atoms with Crippen molar-refractivity contribution in [1.29, 1.82) is 0 Å². The van der Waals surface area contributed by atoms with E-state index in [1.807, 2.05) is 43.4 Å². The predicted molar refractivity (Wildman–Crippen MR) is 92.6 cm³/mol. The molecule has 3 rings (SSSR count). The Bertz CT molecular complexity index is 672. The number of nitrogens with zero attached hydrogens (tertiary/aromatic N) is 1. The van der Waals surface area contributed by atoms with Crippen molar-refractivity contribution < 1.29 is 4.79 Å². The first kappa shape index (κ1) is 15.3. The van der Waals surface area contributed by atoms with E-state index >= 15 is 0 Å². The molecule has 3 nitrogen and oxygen atoms in total. The van der Waals surface area contributed by atoms with Crippen molar-refractivity contribution in [3.05, 3.63) is 51.2 Å². The number of hydrogen-bond donors (Lipinski definition) is 1. The molecule has 0 saturated carbocycles. The van der Waals surface area contributed by atoms with Gasteiger partial charge in [0.15, 0.2) is 0 Å². The van der Waals surface area contributed by atoms with Crippen LogP contribution >= 0.6 is 11.3 Å². The molecule has 1 aromatic heterocycles. The summed E-state index contributed by atoms with van der Waals surface area (Å²) < 4.78 is 0. The van der Waals surface area contributed by atoms with Crippen molar-refractivity contribution in [3.63, 3.8) is 0 Å². The molecule has 0 saturated heterocycles. The van der Waals surface area contributed by atoms with E-state index in [0.29, 0.717) is 12.6 Å². The molecule has 1 atom stereocenters. The smallest absolute Gasteiger partial charge is 0.238 e. The minimum absolute atomic E-state index is 0.0722. The molecule has 0 radical (unpaired) electrons. The number of rotatable bonds is 3. The van der Waals surface area contributed by atoms with Gasteiger partial charge in [0.2, 0.25) is 5.91 Å². The monoisotopic (exact) mass is 314 g/mol. The first-order valence-electron chi connectivity index (χ1n) is 7.72. The lowest BCUT2D eigenvalue weighted by atomic mass is 10.0. The number of amides is 1. The Morgan fingerprint density at radius 1 is 1.32 bits per heavy atom. The van der Waals surface area contributed by atoms with E-state index in [0.717, 1.165) is 29.8 Å². The number of benzene rings is 1. The summed E-state index contributed by atoms with van der Waals surface area (Å²) in [5.41, 5.74) is 4.56. The van der Waals surface area contributed by atoms with Gasteiger partial charge in [-0.1, -0.05) is 18.2 Å². The molecule has 1 amide bonds. The maximum absolute atomic E-state index is 12.4. The minimum Gasteiger partial charge on any atom is -0.324 e. The van der Waals surface area contributed by atoms with E-state index in [1.54, 1.807) is 0 Å². The van der Waals surface area contributed by atoms with Crippen LogP contribution in [0.1, 0.15) is 34.5 Å². The van der Waals surface area contributed by atoms with Gasteiger partial charge in [-0.05, 0) is 55.3 Å². The maximum Gasteiger partial charge on any atom is 0.238 e. The number of thiophene rings is 1. The van der Waals surface area contributed by atoms with E-state index < -0.39 is 0 Å². The third-order valence-electron chi connectivity index (χ3n) is 4.50. The van der Waals surface area contributed by atoms with Gasteiger partial charge in [-0.15, -0.1) is 11.3 Å². The molecule has 1 aromatic carbocycles. The van der Waals surface area contributed by atoms with Gasteiger partial charge in [0.1, 0.15) is 0 Å². The fraction of sp³-hybridized carbons (Fsp3) is 0.389. The second kappa shape index (κ2) is 6.23. The van der Waals surface area contributed by atoms with Crippen LogP contribution < -0.4 is 5.32 Å².